The lowest BCUT2D eigenvalue weighted by molar-refractivity contribution is -0.146. The Morgan fingerprint density at radius 2 is 1.67 bits per heavy atom. The molecule has 15 heavy (non-hydrogen) atoms. The smallest absolute Gasteiger partial charge is 0.311 e. The fraction of sp³-hybridized carbons (Fsp3) is 1.00. The zero-order chi connectivity index (χ0) is 12.3. The molecule has 0 saturated carbocycles. The minimum Gasteiger partial charge on any atom is -0.311 e. The minimum atomic E-state index is -4.12. The maximum Gasteiger partial charge on any atom is 0.401 e. The molecule has 0 aliphatic heterocycles. The summed E-state index contributed by atoms with van der Waals surface area (Å²) in [4.78, 5) is 1.30. The van der Waals surface area contributed by atoms with Gasteiger partial charge in [-0.1, -0.05) is 0 Å². The highest BCUT2D eigenvalue weighted by Gasteiger charge is 2.30. The van der Waals surface area contributed by atoms with E-state index >= 15 is 0 Å². The number of hydrogen-bond acceptors (Lipinski definition) is 2. The van der Waals surface area contributed by atoms with Crippen LogP contribution in [-0.4, -0.2) is 42.8 Å². The van der Waals surface area contributed by atoms with Gasteiger partial charge in [-0.2, -0.15) is 13.2 Å². The average Bonchev–Trinajstić information content (AvgIpc) is 1.95. The summed E-state index contributed by atoms with van der Waals surface area (Å²) in [5.74, 6) is 0. The molecule has 0 rings (SSSR count). The highest BCUT2D eigenvalue weighted by molar-refractivity contribution is 4.76. The lowest BCUT2D eigenvalue weighted by atomic mass is 10.1. The van der Waals surface area contributed by atoms with Crippen LogP contribution >= 0.6 is 0 Å². The van der Waals surface area contributed by atoms with E-state index in [1.807, 2.05) is 20.8 Å². The molecule has 0 aromatic rings. The first-order valence-electron chi connectivity index (χ1n) is 5.03. The van der Waals surface area contributed by atoms with Gasteiger partial charge in [-0.3, -0.25) is 4.90 Å². The summed E-state index contributed by atoms with van der Waals surface area (Å²) in [6.45, 7) is 7.44. The van der Waals surface area contributed by atoms with Crippen molar-refractivity contribution in [2.24, 2.45) is 0 Å². The van der Waals surface area contributed by atoms with Gasteiger partial charge in [0.2, 0.25) is 0 Å². The van der Waals surface area contributed by atoms with Crippen molar-refractivity contribution < 1.29 is 13.2 Å². The number of alkyl halides is 3. The number of hydrogen-bond donors (Lipinski definition) is 1. The molecule has 92 valence electrons. The van der Waals surface area contributed by atoms with Crippen molar-refractivity contribution in [2.75, 3.05) is 20.1 Å². The van der Waals surface area contributed by atoms with Crippen LogP contribution in [0.3, 0.4) is 0 Å². The average molecular weight is 226 g/mol. The molecular weight excluding hydrogens is 205 g/mol. The standard InChI is InChI=1S/C10H21F3N2/c1-8(6-14-9(2,3)4)15(5)7-10(11,12)13/h8,14H,6-7H2,1-5H3. The molecule has 1 atom stereocenters. The second-order valence-corrected chi connectivity index (χ2v) is 5.01. The summed E-state index contributed by atoms with van der Waals surface area (Å²) in [6, 6.07) is -0.133. The second-order valence-electron chi connectivity index (χ2n) is 5.01. The van der Waals surface area contributed by atoms with E-state index in [1.165, 1.54) is 11.9 Å². The number of rotatable bonds is 4. The molecule has 5 heteroatoms. The van der Waals surface area contributed by atoms with Gasteiger partial charge in [-0.05, 0) is 34.7 Å². The Morgan fingerprint density at radius 1 is 1.20 bits per heavy atom. The van der Waals surface area contributed by atoms with Crippen molar-refractivity contribution in [3.8, 4) is 0 Å². The van der Waals surface area contributed by atoms with Crippen LogP contribution in [0.4, 0.5) is 13.2 Å². The fourth-order valence-electron chi connectivity index (χ4n) is 1.05. The largest absolute Gasteiger partial charge is 0.401 e. The maximum atomic E-state index is 12.1. The Balaban J connectivity index is 3.95. The van der Waals surface area contributed by atoms with Gasteiger partial charge in [0, 0.05) is 18.1 Å². The van der Waals surface area contributed by atoms with Crippen molar-refractivity contribution in [1.29, 1.82) is 0 Å². The third-order valence-electron chi connectivity index (χ3n) is 2.11. The molecular formula is C10H21F3N2. The number of nitrogens with zero attached hydrogens (tertiary/aromatic N) is 1. The quantitative estimate of drug-likeness (QED) is 0.791. The van der Waals surface area contributed by atoms with E-state index in [-0.39, 0.29) is 11.6 Å². The normalized spacial score (nSPS) is 15.8. The third kappa shape index (κ3) is 8.69. The van der Waals surface area contributed by atoms with Crippen molar-refractivity contribution in [1.82, 2.24) is 10.2 Å². The summed E-state index contributed by atoms with van der Waals surface area (Å²) >= 11 is 0. The van der Waals surface area contributed by atoms with Crippen molar-refractivity contribution in [3.05, 3.63) is 0 Å². The predicted octanol–water partition coefficient (Wildman–Crippen LogP) is 2.26. The highest BCUT2D eigenvalue weighted by atomic mass is 19.4. The molecule has 0 aliphatic rings. The SMILES string of the molecule is CC(CNC(C)(C)C)N(C)CC(F)(F)F. The minimum absolute atomic E-state index is 0.0622. The number of nitrogens with one attached hydrogen (secondary N) is 1. The molecule has 0 aliphatic carbocycles. The van der Waals surface area contributed by atoms with Gasteiger partial charge in [-0.15, -0.1) is 0 Å². The van der Waals surface area contributed by atoms with Gasteiger partial charge in [0.1, 0.15) is 0 Å². The molecule has 1 unspecified atom stereocenters. The van der Waals surface area contributed by atoms with Crippen LogP contribution in [0, 0.1) is 0 Å². The van der Waals surface area contributed by atoms with Crippen LogP contribution in [0.15, 0.2) is 0 Å². The molecule has 0 heterocycles. The van der Waals surface area contributed by atoms with Crippen LogP contribution in [0.2, 0.25) is 0 Å². The molecule has 0 saturated heterocycles. The monoisotopic (exact) mass is 226 g/mol. The van der Waals surface area contributed by atoms with Gasteiger partial charge in [0.15, 0.2) is 0 Å². The summed E-state index contributed by atoms with van der Waals surface area (Å²) < 4.78 is 36.2. The second kappa shape index (κ2) is 5.16. The van der Waals surface area contributed by atoms with E-state index in [9.17, 15) is 13.2 Å². The summed E-state index contributed by atoms with van der Waals surface area (Å²) in [6.07, 6.45) is -4.12. The fourth-order valence-corrected chi connectivity index (χ4v) is 1.05. The van der Waals surface area contributed by atoms with Crippen LogP contribution in [0.25, 0.3) is 0 Å². The molecule has 0 bridgehead atoms. The zero-order valence-corrected chi connectivity index (χ0v) is 10.1. The summed E-state index contributed by atoms with van der Waals surface area (Å²) in [5, 5.41) is 3.18. The molecule has 1 N–H and O–H groups in total. The van der Waals surface area contributed by atoms with Gasteiger partial charge in [0.05, 0.1) is 6.54 Å². The van der Waals surface area contributed by atoms with Gasteiger partial charge >= 0.3 is 6.18 Å². The summed E-state index contributed by atoms with van der Waals surface area (Å²) in [7, 11) is 1.49. The van der Waals surface area contributed by atoms with E-state index in [0.717, 1.165) is 0 Å². The molecule has 0 amide bonds. The molecule has 0 aromatic carbocycles. The van der Waals surface area contributed by atoms with E-state index in [0.29, 0.717) is 6.54 Å². The topological polar surface area (TPSA) is 15.3 Å². The van der Waals surface area contributed by atoms with Crippen molar-refractivity contribution >= 4 is 0 Å². The van der Waals surface area contributed by atoms with E-state index in [1.54, 1.807) is 6.92 Å². The number of likely N-dealkylation sites (N-methyl/N-ethyl adjacent to an activating group) is 1. The van der Waals surface area contributed by atoms with Crippen molar-refractivity contribution in [2.45, 2.75) is 45.5 Å². The lowest BCUT2D eigenvalue weighted by Crippen LogP contribution is -2.47. The first-order valence-corrected chi connectivity index (χ1v) is 5.03. The van der Waals surface area contributed by atoms with E-state index in [2.05, 4.69) is 5.32 Å². The van der Waals surface area contributed by atoms with Gasteiger partial charge < -0.3 is 5.32 Å². The maximum absolute atomic E-state index is 12.1. The molecule has 0 aromatic heterocycles. The zero-order valence-electron chi connectivity index (χ0n) is 10.1. The van der Waals surface area contributed by atoms with Crippen LogP contribution in [-0.2, 0) is 0 Å². The first kappa shape index (κ1) is 14.7. The molecule has 0 radical (unpaired) electrons. The Kier molecular flexibility index (Phi) is 5.06. The first-order chi connectivity index (χ1) is 6.51. The third-order valence-corrected chi connectivity index (χ3v) is 2.11. The summed E-state index contributed by atoms with van der Waals surface area (Å²) in [5.41, 5.74) is -0.0622. The molecule has 0 fully saturated rings. The van der Waals surface area contributed by atoms with Crippen LogP contribution in [0.5, 0.6) is 0 Å². The Labute approximate surface area is 89.8 Å². The van der Waals surface area contributed by atoms with Gasteiger partial charge in [-0.25, -0.2) is 0 Å². The van der Waals surface area contributed by atoms with Crippen LogP contribution < -0.4 is 5.32 Å². The van der Waals surface area contributed by atoms with E-state index in [4.69, 9.17) is 0 Å². The predicted molar refractivity (Wildman–Crippen MR) is 55.9 cm³/mol. The molecule has 2 nitrogen and oxygen atoms in total. The lowest BCUT2D eigenvalue weighted by Gasteiger charge is -2.29. The highest BCUT2D eigenvalue weighted by Crippen LogP contribution is 2.16. The number of halogens is 3. The Morgan fingerprint density at radius 3 is 2.00 bits per heavy atom. The van der Waals surface area contributed by atoms with Crippen molar-refractivity contribution in [3.63, 3.8) is 0 Å². The molecule has 0 spiro atoms. The Bertz CT molecular complexity index is 184. The van der Waals surface area contributed by atoms with E-state index < -0.39 is 12.7 Å². The van der Waals surface area contributed by atoms with Gasteiger partial charge in [0.25, 0.3) is 0 Å². The Hall–Kier alpha value is -0.290. The van der Waals surface area contributed by atoms with Crippen LogP contribution in [0.1, 0.15) is 27.7 Å².